The molecule has 1 aromatic carbocycles. The van der Waals surface area contributed by atoms with Crippen LogP contribution in [-0.4, -0.2) is 25.4 Å². The van der Waals surface area contributed by atoms with Crippen molar-refractivity contribution >= 4 is 0 Å². The summed E-state index contributed by atoms with van der Waals surface area (Å²) in [6.45, 7) is 2.40. The number of methoxy groups -OCH3 is 1. The van der Waals surface area contributed by atoms with Crippen LogP contribution >= 0.6 is 0 Å². The van der Waals surface area contributed by atoms with Gasteiger partial charge in [0.2, 0.25) is 0 Å². The van der Waals surface area contributed by atoms with Gasteiger partial charge in [-0.25, -0.2) is 0 Å². The Bertz CT molecular complexity index is 470. The molecule has 0 amide bonds. The van der Waals surface area contributed by atoms with Gasteiger partial charge >= 0.3 is 0 Å². The third-order valence-corrected chi connectivity index (χ3v) is 3.80. The molecule has 1 N–H and O–H groups in total. The molecule has 1 saturated heterocycles. The largest absolute Gasteiger partial charge is 0.496 e. The molecule has 18 heavy (non-hydrogen) atoms. The van der Waals surface area contributed by atoms with Gasteiger partial charge in [0, 0.05) is 12.2 Å². The average Bonchev–Trinajstić information content (AvgIpc) is 2.89. The van der Waals surface area contributed by atoms with Gasteiger partial charge in [0.05, 0.1) is 19.8 Å². The molecule has 0 radical (unpaired) electrons. The van der Waals surface area contributed by atoms with Crippen LogP contribution in [0.1, 0.15) is 18.9 Å². The molecule has 4 heteroatoms. The minimum atomic E-state index is -1.30. The molecule has 2 rings (SSSR count). The summed E-state index contributed by atoms with van der Waals surface area (Å²) >= 11 is 0. The fourth-order valence-corrected chi connectivity index (χ4v) is 2.45. The summed E-state index contributed by atoms with van der Waals surface area (Å²) in [5.74, 6) is 0.587. The lowest BCUT2D eigenvalue weighted by molar-refractivity contribution is -0.0496. The minimum Gasteiger partial charge on any atom is -0.496 e. The summed E-state index contributed by atoms with van der Waals surface area (Å²) < 4.78 is 10.6. The number of ether oxygens (including phenoxy) is 2. The first-order chi connectivity index (χ1) is 8.57. The van der Waals surface area contributed by atoms with Crippen molar-refractivity contribution < 1.29 is 14.6 Å². The van der Waals surface area contributed by atoms with Crippen molar-refractivity contribution in [3.05, 3.63) is 29.8 Å². The maximum atomic E-state index is 10.9. The van der Waals surface area contributed by atoms with Crippen LogP contribution < -0.4 is 4.74 Å². The fourth-order valence-electron chi connectivity index (χ4n) is 2.45. The smallest absolute Gasteiger partial charge is 0.124 e. The predicted octanol–water partition coefficient (Wildman–Crippen LogP) is 1.83. The van der Waals surface area contributed by atoms with Gasteiger partial charge in [0.15, 0.2) is 0 Å². The number of hydrogen-bond acceptors (Lipinski definition) is 4. The van der Waals surface area contributed by atoms with Crippen molar-refractivity contribution in [1.82, 2.24) is 0 Å². The van der Waals surface area contributed by atoms with E-state index in [1.165, 1.54) is 0 Å². The monoisotopic (exact) mass is 247 g/mol. The van der Waals surface area contributed by atoms with Gasteiger partial charge < -0.3 is 14.6 Å². The van der Waals surface area contributed by atoms with Crippen molar-refractivity contribution in [1.29, 1.82) is 5.26 Å². The number of aliphatic hydroxyl groups is 1. The highest BCUT2D eigenvalue weighted by Crippen LogP contribution is 2.47. The first kappa shape index (κ1) is 12.9. The number of hydrogen-bond donors (Lipinski definition) is 1. The molecule has 0 aliphatic carbocycles. The zero-order valence-electron chi connectivity index (χ0n) is 10.6. The standard InChI is InChI=1S/C14H17NO3/c1-13(16,14(9-15)7-8-18-10-14)11-5-3-4-6-12(11)17-2/h3-6,16H,7-8,10H2,1-2H3. The van der Waals surface area contributed by atoms with E-state index < -0.39 is 11.0 Å². The van der Waals surface area contributed by atoms with Gasteiger partial charge in [0.25, 0.3) is 0 Å². The molecule has 0 spiro atoms. The van der Waals surface area contributed by atoms with E-state index in [4.69, 9.17) is 9.47 Å². The molecule has 4 nitrogen and oxygen atoms in total. The molecule has 96 valence electrons. The SMILES string of the molecule is COc1ccccc1C(C)(O)C1(C#N)CCOC1. The Balaban J connectivity index is 2.50. The Morgan fingerprint density at radius 2 is 2.22 bits per heavy atom. The molecule has 1 aromatic rings. The zero-order chi connectivity index (χ0) is 13.2. The zero-order valence-corrected chi connectivity index (χ0v) is 10.6. The second-order valence-corrected chi connectivity index (χ2v) is 4.77. The maximum Gasteiger partial charge on any atom is 0.124 e. The summed E-state index contributed by atoms with van der Waals surface area (Å²) in [5.41, 5.74) is -1.59. The molecular formula is C14H17NO3. The van der Waals surface area contributed by atoms with Gasteiger partial charge in [-0.2, -0.15) is 5.26 Å². The Labute approximate surface area is 107 Å². The Kier molecular flexibility index (Phi) is 3.29. The molecule has 1 aliphatic heterocycles. The van der Waals surface area contributed by atoms with Crippen LogP contribution in [0.25, 0.3) is 0 Å². The third kappa shape index (κ3) is 1.76. The highest BCUT2D eigenvalue weighted by atomic mass is 16.5. The Morgan fingerprint density at radius 1 is 1.50 bits per heavy atom. The number of rotatable bonds is 3. The van der Waals surface area contributed by atoms with Crippen LogP contribution in [0.5, 0.6) is 5.75 Å². The van der Waals surface area contributed by atoms with E-state index in [0.717, 1.165) is 0 Å². The van der Waals surface area contributed by atoms with Gasteiger partial charge in [-0.05, 0) is 19.4 Å². The minimum absolute atomic E-state index is 0.245. The van der Waals surface area contributed by atoms with Crippen LogP contribution in [0.15, 0.2) is 24.3 Å². The highest BCUT2D eigenvalue weighted by Gasteiger charge is 2.52. The highest BCUT2D eigenvalue weighted by molar-refractivity contribution is 5.40. The van der Waals surface area contributed by atoms with Gasteiger partial charge in [0.1, 0.15) is 16.8 Å². The van der Waals surface area contributed by atoms with E-state index in [0.29, 0.717) is 24.3 Å². The lowest BCUT2D eigenvalue weighted by Crippen LogP contribution is -2.43. The molecule has 1 aliphatic rings. The van der Waals surface area contributed by atoms with Crippen molar-refractivity contribution in [2.45, 2.75) is 18.9 Å². The van der Waals surface area contributed by atoms with Crippen LogP contribution in [-0.2, 0) is 10.3 Å². The number of para-hydroxylation sites is 1. The topological polar surface area (TPSA) is 62.5 Å². The van der Waals surface area contributed by atoms with Gasteiger partial charge in [-0.1, -0.05) is 18.2 Å². The van der Waals surface area contributed by atoms with Crippen LogP contribution in [0.3, 0.4) is 0 Å². The summed E-state index contributed by atoms with van der Waals surface area (Å²) in [7, 11) is 1.55. The van der Waals surface area contributed by atoms with E-state index in [1.54, 1.807) is 26.2 Å². The van der Waals surface area contributed by atoms with E-state index in [9.17, 15) is 10.4 Å². The van der Waals surface area contributed by atoms with E-state index in [1.807, 2.05) is 12.1 Å². The average molecular weight is 247 g/mol. The summed E-state index contributed by atoms with van der Waals surface area (Å²) in [5, 5.41) is 20.3. The van der Waals surface area contributed by atoms with Crippen molar-refractivity contribution in [3.63, 3.8) is 0 Å². The first-order valence-corrected chi connectivity index (χ1v) is 5.92. The lowest BCUT2D eigenvalue weighted by Gasteiger charge is -2.37. The van der Waals surface area contributed by atoms with E-state index in [2.05, 4.69) is 6.07 Å². The molecule has 0 saturated carbocycles. The van der Waals surface area contributed by atoms with Crippen LogP contribution in [0, 0.1) is 16.7 Å². The number of benzene rings is 1. The van der Waals surface area contributed by atoms with Crippen molar-refractivity contribution in [2.24, 2.45) is 5.41 Å². The maximum absolute atomic E-state index is 10.9. The van der Waals surface area contributed by atoms with Crippen molar-refractivity contribution in [2.75, 3.05) is 20.3 Å². The molecule has 2 unspecified atom stereocenters. The van der Waals surface area contributed by atoms with Gasteiger partial charge in [-0.3, -0.25) is 0 Å². The molecule has 0 aromatic heterocycles. The van der Waals surface area contributed by atoms with Crippen molar-refractivity contribution in [3.8, 4) is 11.8 Å². The number of nitriles is 1. The molecular weight excluding hydrogens is 230 g/mol. The quantitative estimate of drug-likeness (QED) is 0.885. The number of nitrogens with zero attached hydrogens (tertiary/aromatic N) is 1. The molecule has 1 fully saturated rings. The normalized spacial score (nSPS) is 26.3. The lowest BCUT2D eigenvalue weighted by atomic mass is 9.69. The Hall–Kier alpha value is -1.57. The van der Waals surface area contributed by atoms with E-state index >= 15 is 0 Å². The summed E-state index contributed by atoms with van der Waals surface area (Å²) in [6.07, 6.45) is 0.522. The second kappa shape index (κ2) is 4.60. The third-order valence-electron chi connectivity index (χ3n) is 3.80. The molecule has 0 bridgehead atoms. The first-order valence-electron chi connectivity index (χ1n) is 5.92. The van der Waals surface area contributed by atoms with Gasteiger partial charge in [-0.15, -0.1) is 0 Å². The fraction of sp³-hybridized carbons (Fsp3) is 0.500. The Morgan fingerprint density at radius 3 is 2.78 bits per heavy atom. The van der Waals surface area contributed by atoms with Crippen LogP contribution in [0.4, 0.5) is 0 Å². The molecule has 1 heterocycles. The second-order valence-electron chi connectivity index (χ2n) is 4.77. The van der Waals surface area contributed by atoms with E-state index in [-0.39, 0.29) is 6.61 Å². The molecule has 2 atom stereocenters. The summed E-state index contributed by atoms with van der Waals surface area (Å²) in [4.78, 5) is 0. The predicted molar refractivity (Wildman–Crippen MR) is 66.0 cm³/mol. The summed E-state index contributed by atoms with van der Waals surface area (Å²) in [6, 6.07) is 9.47. The van der Waals surface area contributed by atoms with Crippen LogP contribution in [0.2, 0.25) is 0 Å².